The highest BCUT2D eigenvalue weighted by Gasteiger charge is 2.24. The van der Waals surface area contributed by atoms with Crippen LogP contribution in [0.1, 0.15) is 0 Å². The molecule has 0 aliphatic rings. The average molecular weight is 690 g/mol. The van der Waals surface area contributed by atoms with Crippen LogP contribution in [-0.4, -0.2) is 104 Å². The van der Waals surface area contributed by atoms with Gasteiger partial charge in [-0.1, -0.05) is 111 Å². The Morgan fingerprint density at radius 1 is 0.333 bits per heavy atom. The fourth-order valence-corrected chi connectivity index (χ4v) is 8.23. The molecule has 0 aliphatic carbocycles. The first kappa shape index (κ1) is 37.4. The molecule has 1 heterocycles. The van der Waals surface area contributed by atoms with Gasteiger partial charge >= 0.3 is 0 Å². The minimum Gasteiger partial charge on any atom is -0.292 e. The maximum Gasteiger partial charge on any atom is 0.144 e. The van der Waals surface area contributed by atoms with Gasteiger partial charge < -0.3 is 0 Å². The van der Waals surface area contributed by atoms with E-state index < -0.39 is 0 Å². The van der Waals surface area contributed by atoms with Gasteiger partial charge in [0.05, 0.1) is 11.0 Å². The molecule has 1 aromatic heterocycles. The average Bonchev–Trinajstić information content (AvgIpc) is 3.60. The summed E-state index contributed by atoms with van der Waals surface area (Å²) in [5.74, 6) is 0.467. The first-order valence-electron chi connectivity index (χ1n) is 17.9. The predicted molar refractivity (Wildman–Crippen MR) is 255 cm³/mol. The van der Waals surface area contributed by atoms with Crippen molar-refractivity contribution >= 4 is 203 Å². The number of hydrogen-bond acceptors (Lipinski definition) is 1. The second-order valence-electron chi connectivity index (χ2n) is 14.1. The number of aromatic nitrogens is 2. The Labute approximate surface area is 347 Å². The molecule has 0 bridgehead atoms. The molecule has 0 aliphatic heterocycles. The van der Waals surface area contributed by atoms with E-state index in [9.17, 15) is 0 Å². The molecule has 0 saturated carbocycles. The van der Waals surface area contributed by atoms with E-state index in [4.69, 9.17) is 99.1 Å². The quantitative estimate of drug-likeness (QED) is 0.143. The van der Waals surface area contributed by atoms with Gasteiger partial charge in [-0.3, -0.25) is 4.57 Å². The Hall–Kier alpha value is -5.21. The van der Waals surface area contributed by atoms with Crippen LogP contribution in [0.15, 0.2) is 97.1 Å². The number of nitrogens with zero attached hydrogens (tertiary/aromatic N) is 2. The minimum atomic E-state index is 0.120. The summed E-state index contributed by atoms with van der Waals surface area (Å²) in [5, 5.41) is 4.43. The van der Waals surface area contributed by atoms with Crippen molar-refractivity contribution in [1.29, 1.82) is 0 Å². The minimum absolute atomic E-state index is 0.120. The van der Waals surface area contributed by atoms with Gasteiger partial charge in [-0.25, -0.2) is 4.98 Å². The summed E-state index contributed by atoms with van der Waals surface area (Å²) in [6, 6.07) is 32.0. The lowest BCUT2D eigenvalue weighted by Crippen LogP contribution is -2.55. The van der Waals surface area contributed by atoms with Crippen LogP contribution in [0.25, 0.3) is 82.7 Å². The number of para-hydroxylation sites is 2. The standard InChI is InChI=1S/C43H16B12N2/c44-31-27(32(45)33(46)29-28(31)34(47)38(51)39(52)35(29)48)26-21-9-3-1-7-19(21)25(20-8-2-4-10-22(20)26)17-13-15-18(16-14-17)57-24-12-6-5-11-23(24)56-43(57)30-36(49)40(53)42(55)41(54)37(30)50/h1-16H. The molecule has 8 aromatic carbocycles. The van der Waals surface area contributed by atoms with Crippen molar-refractivity contribution in [3.05, 3.63) is 97.1 Å². The molecule has 0 unspecified atom stereocenters. The summed E-state index contributed by atoms with van der Waals surface area (Å²) in [4.78, 5) is 4.95. The summed E-state index contributed by atoms with van der Waals surface area (Å²) in [6.45, 7) is 0. The summed E-state index contributed by atoms with van der Waals surface area (Å²) in [5.41, 5.74) is 8.11. The van der Waals surface area contributed by atoms with Crippen molar-refractivity contribution in [3.63, 3.8) is 0 Å². The lowest BCUT2D eigenvalue weighted by molar-refractivity contribution is 1.11. The van der Waals surface area contributed by atoms with Gasteiger partial charge in [-0.15, -0.1) is 27.3 Å². The molecule has 234 valence electrons. The maximum absolute atomic E-state index is 7.03. The molecule has 9 aromatic rings. The third kappa shape index (κ3) is 5.39. The van der Waals surface area contributed by atoms with Gasteiger partial charge in [0.25, 0.3) is 0 Å². The van der Waals surface area contributed by atoms with Crippen LogP contribution in [0.2, 0.25) is 0 Å². The Morgan fingerprint density at radius 2 is 0.737 bits per heavy atom. The van der Waals surface area contributed by atoms with Gasteiger partial charge in [0.15, 0.2) is 0 Å². The maximum atomic E-state index is 7.03. The van der Waals surface area contributed by atoms with E-state index in [2.05, 4.69) is 24.3 Å². The molecule has 9 rings (SSSR count). The van der Waals surface area contributed by atoms with E-state index in [-0.39, 0.29) is 65.6 Å². The smallest absolute Gasteiger partial charge is 0.144 e. The molecule has 24 radical (unpaired) electrons. The topological polar surface area (TPSA) is 17.8 Å². The van der Waals surface area contributed by atoms with E-state index in [1.807, 2.05) is 77.4 Å². The second kappa shape index (κ2) is 13.7. The van der Waals surface area contributed by atoms with E-state index >= 15 is 0 Å². The Morgan fingerprint density at radius 3 is 1.28 bits per heavy atom. The summed E-state index contributed by atoms with van der Waals surface area (Å²) in [7, 11) is 78.1. The molecular formula is C43H16B12N2. The lowest BCUT2D eigenvalue weighted by Gasteiger charge is -2.27. The number of rotatable bonds is 4. The van der Waals surface area contributed by atoms with Gasteiger partial charge in [-0.2, -0.15) is 0 Å². The number of imidazole rings is 1. The summed E-state index contributed by atoms with van der Waals surface area (Å²) in [6.07, 6.45) is 0. The van der Waals surface area contributed by atoms with Gasteiger partial charge in [0, 0.05) is 11.3 Å². The molecule has 0 fully saturated rings. The van der Waals surface area contributed by atoms with Crippen LogP contribution in [0.4, 0.5) is 0 Å². The van der Waals surface area contributed by atoms with Gasteiger partial charge in [-0.05, 0) is 78.8 Å². The van der Waals surface area contributed by atoms with Crippen LogP contribution >= 0.6 is 0 Å². The predicted octanol–water partition coefficient (Wildman–Crippen LogP) is -2.99. The fraction of sp³-hybridized carbons (Fsp3) is 0. The Bertz CT molecular complexity index is 3120. The highest BCUT2D eigenvalue weighted by molar-refractivity contribution is 6.72. The first-order valence-corrected chi connectivity index (χ1v) is 17.9. The van der Waals surface area contributed by atoms with Crippen LogP contribution in [0.5, 0.6) is 0 Å². The van der Waals surface area contributed by atoms with Crippen LogP contribution in [-0.2, 0) is 0 Å². The Kier molecular flexibility index (Phi) is 9.00. The SMILES string of the molecule is [B]c1c([B])c([B])c(-c2nc3ccccc3n2-c2ccc(-c3c4ccccc4c(-c4c([B])c([B])c5c([B])c([B])c([B])c([B])c5c4[B])c4ccccc34)cc2)c([B])c1[B]. The van der Waals surface area contributed by atoms with Gasteiger partial charge in [0.1, 0.15) is 100.0 Å². The van der Waals surface area contributed by atoms with Crippen molar-refractivity contribution in [2.24, 2.45) is 0 Å². The zero-order chi connectivity index (χ0) is 40.2. The molecule has 0 atom stereocenters. The molecule has 0 saturated heterocycles. The highest BCUT2D eigenvalue weighted by atomic mass is 15.1. The van der Waals surface area contributed by atoms with Crippen LogP contribution < -0.4 is 65.6 Å². The second-order valence-corrected chi connectivity index (χ2v) is 14.1. The number of hydrogen-bond donors (Lipinski definition) is 0. The monoisotopic (exact) mass is 692 g/mol. The third-order valence-corrected chi connectivity index (χ3v) is 11.1. The molecule has 2 nitrogen and oxygen atoms in total. The summed E-state index contributed by atoms with van der Waals surface area (Å²) < 4.78 is 1.98. The third-order valence-electron chi connectivity index (χ3n) is 11.1. The van der Waals surface area contributed by atoms with Crippen LogP contribution in [0.3, 0.4) is 0 Å². The van der Waals surface area contributed by atoms with Crippen molar-refractivity contribution in [2.45, 2.75) is 0 Å². The van der Waals surface area contributed by atoms with Crippen molar-refractivity contribution < 1.29 is 0 Å². The van der Waals surface area contributed by atoms with Crippen LogP contribution in [0, 0.1) is 0 Å². The number of benzene rings is 8. The van der Waals surface area contributed by atoms with Gasteiger partial charge in [0.2, 0.25) is 0 Å². The van der Waals surface area contributed by atoms with E-state index in [1.165, 1.54) is 0 Å². The molecule has 0 N–H and O–H groups in total. The molecular weight excluding hydrogens is 674 g/mol. The van der Waals surface area contributed by atoms with Crippen molar-refractivity contribution in [2.75, 3.05) is 0 Å². The largest absolute Gasteiger partial charge is 0.292 e. The zero-order valence-electron chi connectivity index (χ0n) is 30.6. The highest BCUT2D eigenvalue weighted by Crippen LogP contribution is 2.43. The van der Waals surface area contributed by atoms with E-state index in [0.29, 0.717) is 27.7 Å². The fourth-order valence-electron chi connectivity index (χ4n) is 8.23. The van der Waals surface area contributed by atoms with Crippen molar-refractivity contribution in [1.82, 2.24) is 9.55 Å². The molecule has 14 heteroatoms. The molecule has 0 spiro atoms. The Balaban J connectivity index is 1.30. The zero-order valence-corrected chi connectivity index (χ0v) is 30.6. The lowest BCUT2D eigenvalue weighted by atomic mass is 9.58. The van der Waals surface area contributed by atoms with E-state index in [0.717, 1.165) is 55.0 Å². The first-order chi connectivity index (χ1) is 27.3. The van der Waals surface area contributed by atoms with E-state index in [1.54, 1.807) is 0 Å². The summed E-state index contributed by atoms with van der Waals surface area (Å²) >= 11 is 0. The van der Waals surface area contributed by atoms with Crippen molar-refractivity contribution in [3.8, 4) is 39.3 Å². The molecule has 57 heavy (non-hydrogen) atoms. The normalized spacial score (nSPS) is 11.6. The molecule has 0 amide bonds. The number of fused-ring (bicyclic) bond motifs is 4.